The number of nitrogens with one attached hydrogen (secondary N) is 1. The van der Waals surface area contributed by atoms with Gasteiger partial charge in [0.15, 0.2) is 0 Å². The van der Waals surface area contributed by atoms with Gasteiger partial charge < -0.3 is 9.47 Å². The molecule has 0 bridgehead atoms. The third-order valence-electron chi connectivity index (χ3n) is 6.81. The summed E-state index contributed by atoms with van der Waals surface area (Å²) in [5, 5.41) is 3.00. The van der Waals surface area contributed by atoms with E-state index in [0.717, 1.165) is 69.9 Å². The molecule has 0 saturated heterocycles. The topological polar surface area (TPSA) is 90.4 Å². The highest BCUT2D eigenvalue weighted by atomic mass is 16.6. The number of nitrogens with zero attached hydrogens (tertiary/aromatic N) is 2. The highest BCUT2D eigenvalue weighted by Crippen LogP contribution is 2.38. The first-order valence-corrected chi connectivity index (χ1v) is 11.8. The van der Waals surface area contributed by atoms with Crippen LogP contribution in [-0.2, 0) is 46.4 Å². The van der Waals surface area contributed by atoms with Gasteiger partial charge in [0.25, 0.3) is 0 Å². The zero-order chi connectivity index (χ0) is 21.9. The van der Waals surface area contributed by atoms with Crippen LogP contribution in [0.4, 0.5) is 10.5 Å². The number of ether oxygens (including phenoxy) is 2. The highest BCUT2D eigenvalue weighted by molar-refractivity contribution is 5.90. The summed E-state index contributed by atoms with van der Waals surface area (Å²) in [6.07, 6.45) is 13.1. The lowest BCUT2D eigenvalue weighted by Gasteiger charge is -2.21. The van der Waals surface area contributed by atoms with Crippen molar-refractivity contribution in [3.63, 3.8) is 0 Å². The van der Waals surface area contributed by atoms with Crippen molar-refractivity contribution in [2.24, 2.45) is 0 Å². The standard InChI is InChI=1S/C25H29N3O4/c29-24(31-19-7-1-2-8-19)22(14-18-15-26-11-12-27-18)32-25(30)28-23-20-9-3-5-16(20)13-17-6-4-10-21(17)23/h11-13,15,19,22H,1-10,14H2,(H,28,30). The number of rotatable bonds is 6. The zero-order valence-corrected chi connectivity index (χ0v) is 18.3. The Morgan fingerprint density at radius 3 is 2.38 bits per heavy atom. The lowest BCUT2D eigenvalue weighted by atomic mass is 9.99. The van der Waals surface area contributed by atoms with Crippen molar-refractivity contribution >= 4 is 17.7 Å². The van der Waals surface area contributed by atoms with Crippen LogP contribution in [0.1, 0.15) is 66.5 Å². The lowest BCUT2D eigenvalue weighted by Crippen LogP contribution is -2.35. The number of amides is 1. The van der Waals surface area contributed by atoms with Crippen molar-refractivity contribution < 1.29 is 19.1 Å². The first-order valence-electron chi connectivity index (χ1n) is 11.8. The van der Waals surface area contributed by atoms with Gasteiger partial charge in [-0.2, -0.15) is 0 Å². The Hall–Kier alpha value is -2.96. The summed E-state index contributed by atoms with van der Waals surface area (Å²) < 4.78 is 11.3. The Morgan fingerprint density at radius 1 is 1.00 bits per heavy atom. The molecule has 32 heavy (non-hydrogen) atoms. The predicted octanol–water partition coefficient (Wildman–Crippen LogP) is 4.10. The van der Waals surface area contributed by atoms with Crippen molar-refractivity contribution in [2.75, 3.05) is 5.32 Å². The average molecular weight is 436 g/mol. The van der Waals surface area contributed by atoms with E-state index in [9.17, 15) is 9.59 Å². The molecule has 7 heteroatoms. The van der Waals surface area contributed by atoms with Gasteiger partial charge >= 0.3 is 12.1 Å². The third-order valence-corrected chi connectivity index (χ3v) is 6.81. The van der Waals surface area contributed by atoms with Crippen molar-refractivity contribution in [1.29, 1.82) is 0 Å². The summed E-state index contributed by atoms with van der Waals surface area (Å²) >= 11 is 0. The molecule has 3 aliphatic carbocycles. The molecule has 1 aromatic carbocycles. The van der Waals surface area contributed by atoms with Gasteiger partial charge in [-0.05, 0) is 86.5 Å². The van der Waals surface area contributed by atoms with E-state index in [1.165, 1.54) is 22.3 Å². The van der Waals surface area contributed by atoms with Crippen molar-refractivity contribution in [1.82, 2.24) is 9.97 Å². The number of hydrogen-bond acceptors (Lipinski definition) is 6. The SMILES string of the molecule is O=C(Nc1c2c(cc3c1CCC3)CCC2)OC(Cc1cnccn1)C(=O)OC1CCCC1. The first kappa shape index (κ1) is 20.9. The van der Waals surface area contributed by atoms with Crippen LogP contribution < -0.4 is 5.32 Å². The maximum atomic E-state index is 13.0. The van der Waals surface area contributed by atoms with Crippen LogP contribution >= 0.6 is 0 Å². The lowest BCUT2D eigenvalue weighted by molar-refractivity contribution is -0.158. The summed E-state index contributed by atoms with van der Waals surface area (Å²) in [7, 11) is 0. The Labute approximate surface area is 187 Å². The van der Waals surface area contributed by atoms with Crippen molar-refractivity contribution in [3.05, 3.63) is 52.6 Å². The Kier molecular flexibility index (Phi) is 6.06. The molecule has 2 aromatic rings. The van der Waals surface area contributed by atoms with E-state index >= 15 is 0 Å². The van der Waals surface area contributed by atoms with Gasteiger partial charge in [0.1, 0.15) is 6.10 Å². The third kappa shape index (κ3) is 4.47. The van der Waals surface area contributed by atoms with Gasteiger partial charge in [0.2, 0.25) is 6.10 Å². The van der Waals surface area contributed by atoms with Gasteiger partial charge in [-0.15, -0.1) is 0 Å². The number of carbonyl (C=O) groups is 2. The number of carbonyl (C=O) groups excluding carboxylic acids is 2. The fraction of sp³-hybridized carbons (Fsp3) is 0.520. The molecule has 0 spiro atoms. The Morgan fingerprint density at radius 2 is 1.72 bits per heavy atom. The second-order valence-electron chi connectivity index (χ2n) is 9.00. The molecule has 7 nitrogen and oxygen atoms in total. The quantitative estimate of drug-likeness (QED) is 0.687. The minimum absolute atomic E-state index is 0.0980. The molecule has 1 N–H and O–H groups in total. The van der Waals surface area contributed by atoms with Gasteiger partial charge in [0.05, 0.1) is 11.4 Å². The molecule has 0 aliphatic heterocycles. The molecule has 168 valence electrons. The molecule has 5 rings (SSSR count). The molecular formula is C25H29N3O4. The van der Waals surface area contributed by atoms with E-state index in [1.807, 2.05) is 0 Å². The second kappa shape index (κ2) is 9.27. The number of aryl methyl sites for hydroxylation is 2. The van der Waals surface area contributed by atoms with Gasteiger partial charge in [-0.1, -0.05) is 6.07 Å². The van der Waals surface area contributed by atoms with Crippen LogP contribution in [0.5, 0.6) is 0 Å². The van der Waals surface area contributed by atoms with E-state index < -0.39 is 18.2 Å². The second-order valence-corrected chi connectivity index (χ2v) is 9.00. The molecule has 3 aliphatic rings. The van der Waals surface area contributed by atoms with Crippen LogP contribution in [0.25, 0.3) is 0 Å². The predicted molar refractivity (Wildman–Crippen MR) is 118 cm³/mol. The minimum Gasteiger partial charge on any atom is -0.460 e. The summed E-state index contributed by atoms with van der Waals surface area (Å²) in [6, 6.07) is 2.32. The average Bonchev–Trinajstić information content (AvgIpc) is 3.55. The van der Waals surface area contributed by atoms with E-state index in [0.29, 0.717) is 5.69 Å². The van der Waals surface area contributed by atoms with Crippen LogP contribution in [0, 0.1) is 0 Å². The molecule has 1 aromatic heterocycles. The fourth-order valence-corrected chi connectivity index (χ4v) is 5.27. The van der Waals surface area contributed by atoms with Crippen molar-refractivity contribution in [2.45, 2.75) is 82.8 Å². The molecule has 1 saturated carbocycles. The summed E-state index contributed by atoms with van der Waals surface area (Å²) in [6.45, 7) is 0. The number of anilines is 1. The monoisotopic (exact) mass is 435 g/mol. The van der Waals surface area contributed by atoms with Crippen LogP contribution in [0.2, 0.25) is 0 Å². The Balaban J connectivity index is 1.33. The van der Waals surface area contributed by atoms with Gasteiger partial charge in [0, 0.05) is 25.0 Å². The van der Waals surface area contributed by atoms with E-state index in [-0.39, 0.29) is 12.5 Å². The maximum absolute atomic E-state index is 13.0. The molecular weight excluding hydrogens is 406 g/mol. The highest BCUT2D eigenvalue weighted by Gasteiger charge is 2.31. The first-order chi connectivity index (χ1) is 15.7. The number of esters is 1. The van der Waals surface area contributed by atoms with Gasteiger partial charge in [-0.3, -0.25) is 15.3 Å². The van der Waals surface area contributed by atoms with Crippen LogP contribution in [-0.4, -0.2) is 34.2 Å². The maximum Gasteiger partial charge on any atom is 0.412 e. The van der Waals surface area contributed by atoms with E-state index in [2.05, 4.69) is 21.4 Å². The molecule has 1 heterocycles. The number of aromatic nitrogens is 2. The smallest absolute Gasteiger partial charge is 0.412 e. The summed E-state index contributed by atoms with van der Waals surface area (Å²) in [4.78, 5) is 34.2. The number of benzene rings is 1. The molecule has 1 atom stereocenters. The summed E-state index contributed by atoms with van der Waals surface area (Å²) in [5.74, 6) is -0.513. The Bertz CT molecular complexity index is 970. The van der Waals surface area contributed by atoms with E-state index in [4.69, 9.17) is 9.47 Å². The molecule has 1 unspecified atom stereocenters. The zero-order valence-electron chi connectivity index (χ0n) is 18.3. The van der Waals surface area contributed by atoms with Crippen LogP contribution in [0.15, 0.2) is 24.7 Å². The van der Waals surface area contributed by atoms with Gasteiger partial charge in [-0.25, -0.2) is 9.59 Å². The van der Waals surface area contributed by atoms with E-state index in [1.54, 1.807) is 18.6 Å². The normalized spacial score (nSPS) is 18.1. The molecule has 0 radical (unpaired) electrons. The molecule has 1 fully saturated rings. The fourth-order valence-electron chi connectivity index (χ4n) is 5.27. The number of fused-ring (bicyclic) bond motifs is 2. The van der Waals surface area contributed by atoms with Crippen molar-refractivity contribution in [3.8, 4) is 0 Å². The molecule has 1 amide bonds. The minimum atomic E-state index is -1.06. The van der Waals surface area contributed by atoms with Crippen LogP contribution in [0.3, 0.4) is 0 Å². The summed E-state index contributed by atoms with van der Waals surface area (Å²) in [5.41, 5.74) is 6.59. The largest absolute Gasteiger partial charge is 0.460 e. The number of hydrogen-bond donors (Lipinski definition) is 1.